The Morgan fingerprint density at radius 3 is 2.83 bits per heavy atom. The van der Waals surface area contributed by atoms with E-state index in [1.807, 2.05) is 27.2 Å². The smallest absolute Gasteiger partial charge is 0.194 e. The molecule has 30 heavy (non-hydrogen) atoms. The molecule has 0 radical (unpaired) electrons. The predicted octanol–water partition coefficient (Wildman–Crippen LogP) is 4.06. The van der Waals surface area contributed by atoms with E-state index in [4.69, 9.17) is 4.74 Å². The summed E-state index contributed by atoms with van der Waals surface area (Å²) < 4.78 is 5.35. The van der Waals surface area contributed by atoms with Crippen molar-refractivity contribution in [2.45, 2.75) is 45.4 Å². The van der Waals surface area contributed by atoms with E-state index in [0.29, 0.717) is 13.1 Å². The molecule has 1 aliphatic rings. The molecule has 2 aromatic heterocycles. The molecule has 1 aliphatic heterocycles. The van der Waals surface area contributed by atoms with E-state index in [1.54, 1.807) is 18.4 Å². The van der Waals surface area contributed by atoms with Gasteiger partial charge in [-0.2, -0.15) is 0 Å². The van der Waals surface area contributed by atoms with Crippen LogP contribution < -0.4 is 10.2 Å². The van der Waals surface area contributed by atoms with Crippen molar-refractivity contribution >= 4 is 47.1 Å². The van der Waals surface area contributed by atoms with Crippen LogP contribution in [-0.2, 0) is 17.8 Å². The van der Waals surface area contributed by atoms with Crippen molar-refractivity contribution in [2.24, 2.45) is 4.99 Å². The zero-order valence-corrected chi connectivity index (χ0v) is 21.4. The van der Waals surface area contributed by atoms with Crippen LogP contribution in [0.3, 0.4) is 0 Å². The number of pyridine rings is 1. The van der Waals surface area contributed by atoms with Crippen LogP contribution in [0.15, 0.2) is 28.7 Å². The van der Waals surface area contributed by atoms with E-state index < -0.39 is 0 Å². The SMILES string of the molecule is CN=C(NCc1ccnc(N2CCCCC2)c1)N(C)Cc1csc(C(C)OC)n1.I. The van der Waals surface area contributed by atoms with Gasteiger partial charge in [0.15, 0.2) is 5.96 Å². The first-order valence-corrected chi connectivity index (χ1v) is 11.1. The molecule has 3 rings (SSSR count). The number of hydrogen-bond acceptors (Lipinski definition) is 6. The molecule has 1 saturated heterocycles. The molecule has 7 nitrogen and oxygen atoms in total. The number of hydrogen-bond donors (Lipinski definition) is 1. The molecule has 0 saturated carbocycles. The predicted molar refractivity (Wildman–Crippen MR) is 135 cm³/mol. The number of thiazole rings is 1. The summed E-state index contributed by atoms with van der Waals surface area (Å²) in [5, 5.41) is 6.54. The van der Waals surface area contributed by atoms with E-state index >= 15 is 0 Å². The third-order valence-corrected chi connectivity index (χ3v) is 6.24. The Bertz CT molecular complexity index is 808. The van der Waals surface area contributed by atoms with Crippen molar-refractivity contribution < 1.29 is 4.74 Å². The molecule has 0 aromatic carbocycles. The van der Waals surface area contributed by atoms with E-state index in [-0.39, 0.29) is 30.1 Å². The Kier molecular flexibility index (Phi) is 10.3. The number of nitrogens with one attached hydrogen (secondary N) is 1. The Hall–Kier alpha value is -1.46. The van der Waals surface area contributed by atoms with Gasteiger partial charge in [0.25, 0.3) is 0 Å². The zero-order valence-electron chi connectivity index (χ0n) is 18.3. The maximum atomic E-state index is 5.35. The van der Waals surface area contributed by atoms with Crippen LogP contribution in [0.1, 0.15) is 48.6 Å². The summed E-state index contributed by atoms with van der Waals surface area (Å²) in [6, 6.07) is 4.25. The third kappa shape index (κ3) is 6.78. The largest absolute Gasteiger partial charge is 0.375 e. The molecule has 1 unspecified atom stereocenters. The molecule has 0 aliphatic carbocycles. The van der Waals surface area contributed by atoms with Gasteiger partial charge in [-0.1, -0.05) is 0 Å². The van der Waals surface area contributed by atoms with Crippen molar-refractivity contribution in [1.29, 1.82) is 0 Å². The highest BCUT2D eigenvalue weighted by atomic mass is 127. The van der Waals surface area contributed by atoms with Gasteiger partial charge in [0.1, 0.15) is 16.9 Å². The van der Waals surface area contributed by atoms with Crippen molar-refractivity contribution in [1.82, 2.24) is 20.2 Å². The molecule has 3 heterocycles. The zero-order chi connectivity index (χ0) is 20.6. The highest BCUT2D eigenvalue weighted by Crippen LogP contribution is 2.21. The quantitative estimate of drug-likeness (QED) is 0.322. The summed E-state index contributed by atoms with van der Waals surface area (Å²) in [7, 11) is 5.54. The van der Waals surface area contributed by atoms with Gasteiger partial charge in [-0.3, -0.25) is 4.99 Å². The fourth-order valence-electron chi connectivity index (χ4n) is 3.43. The van der Waals surface area contributed by atoms with Gasteiger partial charge in [-0.25, -0.2) is 9.97 Å². The van der Waals surface area contributed by atoms with Crippen LogP contribution >= 0.6 is 35.3 Å². The number of halogens is 1. The summed E-state index contributed by atoms with van der Waals surface area (Å²) >= 11 is 1.63. The summed E-state index contributed by atoms with van der Waals surface area (Å²) in [5.41, 5.74) is 2.23. The molecular weight excluding hydrogens is 511 g/mol. The van der Waals surface area contributed by atoms with E-state index in [9.17, 15) is 0 Å². The number of aromatic nitrogens is 2. The second kappa shape index (κ2) is 12.4. The van der Waals surface area contributed by atoms with E-state index in [1.165, 1.54) is 24.8 Å². The number of anilines is 1. The van der Waals surface area contributed by atoms with Crippen LogP contribution in [0.5, 0.6) is 0 Å². The van der Waals surface area contributed by atoms with E-state index in [2.05, 4.69) is 47.6 Å². The lowest BCUT2D eigenvalue weighted by atomic mass is 10.1. The second-order valence-corrected chi connectivity index (χ2v) is 8.27. The summed E-state index contributed by atoms with van der Waals surface area (Å²) in [5.74, 6) is 1.92. The molecular formula is C21H33IN6OS. The summed E-state index contributed by atoms with van der Waals surface area (Å²) in [4.78, 5) is 18.1. The number of methoxy groups -OCH3 is 1. The average Bonchev–Trinajstić information content (AvgIpc) is 3.23. The third-order valence-electron chi connectivity index (χ3n) is 5.18. The Balaban J connectivity index is 0.00000320. The monoisotopic (exact) mass is 544 g/mol. The molecule has 0 amide bonds. The molecule has 9 heteroatoms. The van der Waals surface area contributed by atoms with Crippen LogP contribution in [0.25, 0.3) is 0 Å². The fourth-order valence-corrected chi connectivity index (χ4v) is 4.27. The van der Waals surface area contributed by atoms with E-state index in [0.717, 1.165) is 35.6 Å². The van der Waals surface area contributed by atoms with Crippen LogP contribution in [0.2, 0.25) is 0 Å². The fraction of sp³-hybridized carbons (Fsp3) is 0.571. The lowest BCUT2D eigenvalue weighted by Crippen LogP contribution is -2.38. The normalized spacial score (nSPS) is 15.5. The van der Waals surface area contributed by atoms with Gasteiger partial charge in [0.05, 0.1) is 12.2 Å². The minimum atomic E-state index is 0. The van der Waals surface area contributed by atoms with Crippen LogP contribution in [0, 0.1) is 0 Å². The first-order valence-electron chi connectivity index (χ1n) is 10.2. The maximum absolute atomic E-state index is 5.35. The van der Waals surface area contributed by atoms with Crippen molar-refractivity contribution in [2.75, 3.05) is 39.2 Å². The molecule has 1 N–H and O–H groups in total. The summed E-state index contributed by atoms with van der Waals surface area (Å²) in [6.07, 6.45) is 5.76. The lowest BCUT2D eigenvalue weighted by molar-refractivity contribution is 0.119. The number of rotatable bonds is 7. The van der Waals surface area contributed by atoms with Gasteiger partial charge < -0.3 is 19.9 Å². The first-order chi connectivity index (χ1) is 14.1. The van der Waals surface area contributed by atoms with Crippen LogP contribution in [-0.4, -0.2) is 55.1 Å². The lowest BCUT2D eigenvalue weighted by Gasteiger charge is -2.28. The Morgan fingerprint density at radius 2 is 2.13 bits per heavy atom. The number of guanidine groups is 1. The molecule has 0 spiro atoms. The number of nitrogens with zero attached hydrogens (tertiary/aromatic N) is 5. The number of ether oxygens (including phenoxy) is 1. The maximum Gasteiger partial charge on any atom is 0.194 e. The minimum absolute atomic E-state index is 0. The Morgan fingerprint density at radius 1 is 1.37 bits per heavy atom. The van der Waals surface area contributed by atoms with Crippen molar-refractivity contribution in [3.8, 4) is 0 Å². The van der Waals surface area contributed by atoms with Crippen molar-refractivity contribution in [3.63, 3.8) is 0 Å². The topological polar surface area (TPSA) is 65.9 Å². The Labute approximate surface area is 201 Å². The number of aliphatic imine (C=N–C) groups is 1. The number of piperidine rings is 1. The van der Waals surface area contributed by atoms with Gasteiger partial charge in [0.2, 0.25) is 0 Å². The summed E-state index contributed by atoms with van der Waals surface area (Å²) in [6.45, 7) is 5.63. The van der Waals surface area contributed by atoms with Gasteiger partial charge in [0, 0.05) is 52.4 Å². The van der Waals surface area contributed by atoms with Gasteiger partial charge in [-0.05, 0) is 43.9 Å². The van der Waals surface area contributed by atoms with Crippen LogP contribution in [0.4, 0.5) is 5.82 Å². The molecule has 1 atom stereocenters. The minimum Gasteiger partial charge on any atom is -0.375 e. The standard InChI is InChI=1S/C21H32N6OS.HI/c1-16(28-4)20-25-18(15-29-20)14-26(3)21(22-2)24-13-17-8-9-23-19(12-17)27-10-6-5-7-11-27;/h8-9,12,15-16H,5-7,10-11,13-14H2,1-4H3,(H,22,24);1H. The highest BCUT2D eigenvalue weighted by Gasteiger charge is 2.14. The highest BCUT2D eigenvalue weighted by molar-refractivity contribution is 14.0. The average molecular weight is 545 g/mol. The van der Waals surface area contributed by atoms with Gasteiger partial charge in [-0.15, -0.1) is 35.3 Å². The molecule has 1 fully saturated rings. The molecule has 0 bridgehead atoms. The van der Waals surface area contributed by atoms with Gasteiger partial charge >= 0.3 is 0 Å². The van der Waals surface area contributed by atoms with Crippen molar-refractivity contribution in [3.05, 3.63) is 40.0 Å². The second-order valence-electron chi connectivity index (χ2n) is 7.38. The molecule has 2 aromatic rings. The molecule has 166 valence electrons. The first kappa shape index (κ1) is 24.8.